The molecular formula is C15H13ClN2O. The second-order valence-corrected chi connectivity index (χ2v) is 4.39. The molecule has 0 saturated heterocycles. The Morgan fingerprint density at radius 3 is 2.63 bits per heavy atom. The molecule has 0 radical (unpaired) electrons. The minimum atomic E-state index is 0.0648. The van der Waals surface area contributed by atoms with Gasteiger partial charge in [0, 0.05) is 17.3 Å². The molecule has 0 fully saturated rings. The van der Waals surface area contributed by atoms with E-state index in [0.29, 0.717) is 12.3 Å². The summed E-state index contributed by atoms with van der Waals surface area (Å²) in [5.41, 5.74) is 2.11. The number of nitriles is 1. The molecule has 0 aliphatic carbocycles. The Balaban J connectivity index is 1.91. The number of nitrogens with zero attached hydrogens (tertiary/aromatic N) is 1. The molecule has 0 saturated carbocycles. The number of rotatable bonds is 5. The van der Waals surface area contributed by atoms with Crippen molar-refractivity contribution in [3.63, 3.8) is 0 Å². The summed E-state index contributed by atoms with van der Waals surface area (Å²) in [5, 5.41) is 12.4. The van der Waals surface area contributed by atoms with Crippen molar-refractivity contribution in [3.8, 4) is 11.8 Å². The first-order valence-corrected chi connectivity index (χ1v) is 6.24. The van der Waals surface area contributed by atoms with Gasteiger partial charge in [-0.2, -0.15) is 5.26 Å². The topological polar surface area (TPSA) is 45.0 Å². The molecule has 1 N–H and O–H groups in total. The average molecular weight is 273 g/mol. The summed E-state index contributed by atoms with van der Waals surface area (Å²) in [6.45, 7) is 0.772. The lowest BCUT2D eigenvalue weighted by Crippen LogP contribution is -1.99. The van der Waals surface area contributed by atoms with Crippen LogP contribution in [-0.4, -0.2) is 6.61 Å². The summed E-state index contributed by atoms with van der Waals surface area (Å²) in [6.07, 6.45) is 0. The van der Waals surface area contributed by atoms with Crippen LogP contribution in [-0.2, 0) is 6.54 Å². The van der Waals surface area contributed by atoms with Crippen LogP contribution in [0.1, 0.15) is 5.56 Å². The predicted octanol–water partition coefficient (Wildman–Crippen LogP) is 3.85. The quantitative estimate of drug-likeness (QED) is 0.899. The summed E-state index contributed by atoms with van der Waals surface area (Å²) >= 11 is 5.93. The number of anilines is 1. The van der Waals surface area contributed by atoms with Crippen LogP contribution in [0.4, 0.5) is 5.69 Å². The fourth-order valence-corrected chi connectivity index (χ4v) is 1.85. The van der Waals surface area contributed by atoms with Crippen LogP contribution < -0.4 is 10.1 Å². The van der Waals surface area contributed by atoms with E-state index >= 15 is 0 Å². The van der Waals surface area contributed by atoms with Crippen LogP contribution in [0, 0.1) is 11.3 Å². The molecule has 0 aliphatic rings. The molecule has 2 aromatic carbocycles. The van der Waals surface area contributed by atoms with E-state index in [1.165, 1.54) is 0 Å². The normalized spacial score (nSPS) is 9.68. The molecule has 0 aliphatic heterocycles. The first-order chi connectivity index (χ1) is 9.28. The van der Waals surface area contributed by atoms with Crippen molar-refractivity contribution in [2.45, 2.75) is 6.54 Å². The highest BCUT2D eigenvalue weighted by atomic mass is 35.5. The minimum absolute atomic E-state index is 0.0648. The molecule has 0 atom stereocenters. The van der Waals surface area contributed by atoms with Gasteiger partial charge in [0.1, 0.15) is 11.8 Å². The Labute approximate surface area is 117 Å². The van der Waals surface area contributed by atoms with Crippen molar-refractivity contribution in [2.75, 3.05) is 11.9 Å². The zero-order chi connectivity index (χ0) is 13.5. The second kappa shape index (κ2) is 6.67. The average Bonchev–Trinajstić information content (AvgIpc) is 2.44. The van der Waals surface area contributed by atoms with E-state index in [1.807, 2.05) is 54.6 Å². The molecule has 4 heteroatoms. The lowest BCUT2D eigenvalue weighted by molar-refractivity contribution is 0.368. The van der Waals surface area contributed by atoms with Crippen LogP contribution in [0.3, 0.4) is 0 Å². The van der Waals surface area contributed by atoms with Crippen molar-refractivity contribution in [2.24, 2.45) is 0 Å². The predicted molar refractivity (Wildman–Crippen MR) is 76.3 cm³/mol. The molecule has 0 amide bonds. The van der Waals surface area contributed by atoms with Gasteiger partial charge < -0.3 is 10.1 Å². The third-order valence-electron chi connectivity index (χ3n) is 2.54. The Hall–Kier alpha value is -2.18. The van der Waals surface area contributed by atoms with Gasteiger partial charge in [-0.05, 0) is 42.0 Å². The highest BCUT2D eigenvalue weighted by Crippen LogP contribution is 2.17. The molecule has 0 aromatic heterocycles. The molecule has 2 aromatic rings. The Morgan fingerprint density at radius 2 is 1.95 bits per heavy atom. The van der Waals surface area contributed by atoms with Gasteiger partial charge in [0.25, 0.3) is 0 Å². The molecule has 0 bridgehead atoms. The van der Waals surface area contributed by atoms with E-state index in [9.17, 15) is 0 Å². The smallest absolute Gasteiger partial charge is 0.174 e. The van der Waals surface area contributed by atoms with Gasteiger partial charge in [-0.15, -0.1) is 0 Å². The standard InChI is InChI=1S/C15H13ClN2O/c16-13-3-1-2-12(10-13)11-18-14-4-6-15(7-5-14)19-9-8-17/h1-7,10,18H,9,11H2. The number of ether oxygens (including phenoxy) is 1. The van der Waals surface area contributed by atoms with Crippen molar-refractivity contribution in [3.05, 3.63) is 59.1 Å². The van der Waals surface area contributed by atoms with Crippen LogP contribution in [0.5, 0.6) is 5.75 Å². The van der Waals surface area contributed by atoms with Crippen LogP contribution in [0.15, 0.2) is 48.5 Å². The van der Waals surface area contributed by atoms with Crippen LogP contribution in [0.25, 0.3) is 0 Å². The Kier molecular flexibility index (Phi) is 4.66. The summed E-state index contributed by atoms with van der Waals surface area (Å²) in [5.74, 6) is 0.690. The fourth-order valence-electron chi connectivity index (χ4n) is 1.64. The third kappa shape index (κ3) is 4.20. The monoisotopic (exact) mass is 272 g/mol. The first-order valence-electron chi connectivity index (χ1n) is 5.86. The maximum absolute atomic E-state index is 8.42. The molecule has 3 nitrogen and oxygen atoms in total. The van der Waals surface area contributed by atoms with Gasteiger partial charge >= 0.3 is 0 Å². The zero-order valence-electron chi connectivity index (χ0n) is 10.3. The third-order valence-corrected chi connectivity index (χ3v) is 2.78. The van der Waals surface area contributed by atoms with Crippen molar-refractivity contribution >= 4 is 17.3 Å². The van der Waals surface area contributed by atoms with Gasteiger partial charge in [0.2, 0.25) is 0 Å². The van der Waals surface area contributed by atoms with Crippen molar-refractivity contribution in [1.29, 1.82) is 5.26 Å². The number of benzene rings is 2. The lowest BCUT2D eigenvalue weighted by Gasteiger charge is -2.08. The fraction of sp³-hybridized carbons (Fsp3) is 0.133. The molecule has 0 heterocycles. The number of halogens is 1. The van der Waals surface area contributed by atoms with Gasteiger partial charge in [-0.3, -0.25) is 0 Å². The van der Waals surface area contributed by atoms with Gasteiger partial charge in [-0.1, -0.05) is 23.7 Å². The minimum Gasteiger partial charge on any atom is -0.479 e. The van der Waals surface area contributed by atoms with Gasteiger partial charge in [0.15, 0.2) is 6.61 Å². The number of hydrogen-bond donors (Lipinski definition) is 1. The Morgan fingerprint density at radius 1 is 1.16 bits per heavy atom. The Bertz CT molecular complexity index is 575. The van der Waals surface area contributed by atoms with Crippen LogP contribution >= 0.6 is 11.6 Å². The molecule has 0 spiro atoms. The first kappa shape index (κ1) is 13.3. The second-order valence-electron chi connectivity index (χ2n) is 3.95. The van der Waals surface area contributed by atoms with Crippen molar-refractivity contribution in [1.82, 2.24) is 0 Å². The van der Waals surface area contributed by atoms with E-state index in [0.717, 1.165) is 16.3 Å². The lowest BCUT2D eigenvalue weighted by atomic mass is 10.2. The molecule has 2 rings (SSSR count). The highest BCUT2D eigenvalue weighted by molar-refractivity contribution is 6.30. The molecule has 96 valence electrons. The molecule has 0 unspecified atom stereocenters. The number of nitrogens with one attached hydrogen (secondary N) is 1. The van der Waals surface area contributed by atoms with Crippen molar-refractivity contribution < 1.29 is 4.74 Å². The maximum Gasteiger partial charge on any atom is 0.174 e. The van der Waals surface area contributed by atoms with E-state index in [4.69, 9.17) is 21.6 Å². The van der Waals surface area contributed by atoms with Gasteiger partial charge in [-0.25, -0.2) is 0 Å². The summed E-state index contributed by atoms with van der Waals surface area (Å²) < 4.78 is 5.18. The SMILES string of the molecule is N#CCOc1ccc(NCc2cccc(Cl)c2)cc1. The summed E-state index contributed by atoms with van der Waals surface area (Å²) in [4.78, 5) is 0. The largest absolute Gasteiger partial charge is 0.479 e. The van der Waals surface area contributed by atoms with Gasteiger partial charge in [0.05, 0.1) is 0 Å². The zero-order valence-corrected chi connectivity index (χ0v) is 11.0. The number of hydrogen-bond acceptors (Lipinski definition) is 3. The summed E-state index contributed by atoms with van der Waals surface area (Å²) in [7, 11) is 0. The highest BCUT2D eigenvalue weighted by Gasteiger charge is 1.97. The molecule has 19 heavy (non-hydrogen) atoms. The van der Waals surface area contributed by atoms with E-state index in [1.54, 1.807) is 0 Å². The van der Waals surface area contributed by atoms with Crippen LogP contribution in [0.2, 0.25) is 5.02 Å². The van der Waals surface area contributed by atoms with E-state index < -0.39 is 0 Å². The van der Waals surface area contributed by atoms with E-state index in [2.05, 4.69) is 5.32 Å². The maximum atomic E-state index is 8.42. The summed E-state index contributed by atoms with van der Waals surface area (Å²) in [6, 6.07) is 17.2. The molecular weight excluding hydrogens is 260 g/mol. The van der Waals surface area contributed by atoms with E-state index in [-0.39, 0.29) is 6.61 Å².